The monoisotopic (exact) mass is 509 g/mol. The Labute approximate surface area is 197 Å². The molecule has 0 radical (unpaired) electrons. The molecule has 11 nitrogen and oxygen atoms in total. The summed E-state index contributed by atoms with van der Waals surface area (Å²) in [5, 5.41) is 18.7. The Hall–Kier alpha value is -2.84. The van der Waals surface area contributed by atoms with Gasteiger partial charge in [-0.2, -0.15) is 0 Å². The van der Waals surface area contributed by atoms with Crippen LogP contribution in [0.1, 0.15) is 5.82 Å². The van der Waals surface area contributed by atoms with Gasteiger partial charge in [-0.05, 0) is 24.6 Å². The van der Waals surface area contributed by atoms with Gasteiger partial charge in [0.1, 0.15) is 28.7 Å². The fourth-order valence-electron chi connectivity index (χ4n) is 3.43. The molecule has 2 aromatic rings. The second-order valence-electron chi connectivity index (χ2n) is 7.28. The lowest BCUT2D eigenvalue weighted by molar-refractivity contribution is -0.150. The first-order chi connectivity index (χ1) is 15.7. The number of aliphatic carboxylic acids is 1. The minimum absolute atomic E-state index is 0.00795. The number of benzene rings is 1. The number of amides is 2. The Bertz CT molecular complexity index is 1240. The number of nitrogens with zero attached hydrogens (tertiary/aromatic N) is 3. The predicted molar refractivity (Wildman–Crippen MR) is 120 cm³/mol. The summed E-state index contributed by atoms with van der Waals surface area (Å²) < 4.78 is 24.8. The van der Waals surface area contributed by atoms with Gasteiger partial charge in [-0.25, -0.2) is 18.2 Å². The summed E-state index contributed by atoms with van der Waals surface area (Å²) in [4.78, 5) is 42.3. The van der Waals surface area contributed by atoms with Crippen molar-refractivity contribution in [2.75, 3.05) is 17.3 Å². The van der Waals surface area contributed by atoms with Crippen molar-refractivity contribution in [1.82, 2.24) is 25.4 Å². The Morgan fingerprint density at radius 2 is 2.06 bits per heavy atom. The van der Waals surface area contributed by atoms with E-state index in [4.69, 9.17) is 0 Å². The number of nitrogens with one attached hydrogen (secondary N) is 2. The molecule has 1 unspecified atom stereocenters. The summed E-state index contributed by atoms with van der Waals surface area (Å²) >= 11 is 2.56. The van der Waals surface area contributed by atoms with Gasteiger partial charge in [-0.1, -0.05) is 30.0 Å². The summed E-state index contributed by atoms with van der Waals surface area (Å²) in [5.74, 6) is -2.21. The SMILES string of the molecule is Cc1nc(SCC2=C(C(=O)O)N3C(=O)C(NC(=O)CS(=O)(=O)c4ccccc4)[C@@H]3SC2)n[nH]1. The van der Waals surface area contributed by atoms with E-state index in [-0.39, 0.29) is 16.3 Å². The molecule has 0 saturated carbocycles. The number of aromatic amines is 1. The summed E-state index contributed by atoms with van der Waals surface area (Å²) in [6.07, 6.45) is 0. The van der Waals surface area contributed by atoms with E-state index in [2.05, 4.69) is 20.5 Å². The molecule has 0 spiro atoms. The van der Waals surface area contributed by atoms with E-state index in [0.717, 1.165) is 4.90 Å². The number of carbonyl (C=O) groups excluding carboxylic acids is 2. The number of sulfone groups is 1. The van der Waals surface area contributed by atoms with Crippen molar-refractivity contribution in [3.8, 4) is 0 Å². The number of carbonyl (C=O) groups is 3. The third-order valence-electron chi connectivity index (χ3n) is 4.94. The molecule has 2 aliphatic rings. The summed E-state index contributed by atoms with van der Waals surface area (Å²) in [7, 11) is -3.87. The van der Waals surface area contributed by atoms with Gasteiger partial charge < -0.3 is 10.4 Å². The van der Waals surface area contributed by atoms with Gasteiger partial charge in [0.25, 0.3) is 5.91 Å². The number of β-lactam (4-membered cyclic amide) rings is 1. The normalized spacial score (nSPS) is 20.3. The molecule has 0 aliphatic carbocycles. The van der Waals surface area contributed by atoms with Crippen LogP contribution in [0.4, 0.5) is 0 Å². The van der Waals surface area contributed by atoms with Crippen LogP contribution in [0.3, 0.4) is 0 Å². The van der Waals surface area contributed by atoms with Crippen LogP contribution < -0.4 is 5.32 Å². The molecule has 33 heavy (non-hydrogen) atoms. The number of hydrogen-bond donors (Lipinski definition) is 3. The van der Waals surface area contributed by atoms with E-state index < -0.39 is 44.8 Å². The van der Waals surface area contributed by atoms with Crippen molar-refractivity contribution in [2.45, 2.75) is 28.4 Å². The Morgan fingerprint density at radius 3 is 2.70 bits per heavy atom. The van der Waals surface area contributed by atoms with Crippen LogP contribution in [0.2, 0.25) is 0 Å². The Balaban J connectivity index is 1.43. The zero-order valence-corrected chi connectivity index (χ0v) is 19.7. The quantitative estimate of drug-likeness (QED) is 0.336. The number of rotatable bonds is 8. The lowest BCUT2D eigenvalue weighted by Crippen LogP contribution is -2.70. The standard InChI is InChI=1S/C19H19N5O6S3/c1-10-20-19(23-22-10)32-8-11-7-31-17-14(16(26)24(17)15(11)18(27)28)21-13(25)9-33(29,30)12-5-3-2-4-6-12/h2-6,14,17H,7-9H2,1H3,(H,21,25)(H,27,28)(H,20,22,23)/t14?,17-/m0/s1. The zero-order valence-electron chi connectivity index (χ0n) is 17.2. The molecular weight excluding hydrogens is 490 g/mol. The van der Waals surface area contributed by atoms with Crippen LogP contribution in [-0.2, 0) is 24.2 Å². The number of H-pyrrole nitrogens is 1. The largest absolute Gasteiger partial charge is 0.477 e. The van der Waals surface area contributed by atoms with E-state index >= 15 is 0 Å². The van der Waals surface area contributed by atoms with Crippen LogP contribution in [-0.4, -0.2) is 80.1 Å². The highest BCUT2D eigenvalue weighted by molar-refractivity contribution is 8.01. The Kier molecular flexibility index (Phi) is 6.50. The number of aryl methyl sites for hydroxylation is 1. The van der Waals surface area contributed by atoms with E-state index in [9.17, 15) is 27.9 Å². The minimum atomic E-state index is -3.87. The van der Waals surface area contributed by atoms with Crippen LogP contribution in [0, 0.1) is 6.92 Å². The second-order valence-corrected chi connectivity index (χ2v) is 11.3. The molecule has 1 saturated heterocycles. The van der Waals surface area contributed by atoms with Gasteiger partial charge in [0.15, 0.2) is 9.84 Å². The lowest BCUT2D eigenvalue weighted by Gasteiger charge is -2.49. The number of carboxylic acids is 1. The predicted octanol–water partition coefficient (Wildman–Crippen LogP) is 0.418. The molecule has 174 valence electrons. The first-order valence-corrected chi connectivity index (χ1v) is 13.3. The maximum absolute atomic E-state index is 12.7. The van der Waals surface area contributed by atoms with Gasteiger partial charge in [0, 0.05) is 11.5 Å². The van der Waals surface area contributed by atoms with E-state index in [1.165, 1.54) is 35.7 Å². The zero-order chi connectivity index (χ0) is 23.8. The second kappa shape index (κ2) is 9.19. The van der Waals surface area contributed by atoms with Gasteiger partial charge >= 0.3 is 5.97 Å². The van der Waals surface area contributed by atoms with Crippen molar-refractivity contribution in [3.05, 3.63) is 47.4 Å². The molecule has 2 amide bonds. The molecule has 2 aliphatic heterocycles. The number of thioether (sulfide) groups is 2. The summed E-state index contributed by atoms with van der Waals surface area (Å²) in [6.45, 7) is 1.75. The first-order valence-electron chi connectivity index (χ1n) is 9.66. The van der Waals surface area contributed by atoms with Gasteiger partial charge in [-0.15, -0.1) is 16.9 Å². The minimum Gasteiger partial charge on any atom is -0.477 e. The molecule has 0 bridgehead atoms. The highest BCUT2D eigenvalue weighted by Gasteiger charge is 2.54. The molecule has 1 fully saturated rings. The molecule has 4 rings (SSSR count). The third-order valence-corrected chi connectivity index (χ3v) is 8.85. The number of hydrogen-bond acceptors (Lipinski definition) is 9. The van der Waals surface area contributed by atoms with Crippen LogP contribution in [0.5, 0.6) is 0 Å². The van der Waals surface area contributed by atoms with Crippen molar-refractivity contribution in [2.24, 2.45) is 0 Å². The van der Waals surface area contributed by atoms with E-state index in [1.54, 1.807) is 25.1 Å². The van der Waals surface area contributed by atoms with Crippen LogP contribution in [0.15, 0.2) is 51.7 Å². The Morgan fingerprint density at radius 1 is 1.33 bits per heavy atom. The average Bonchev–Trinajstić information content (AvgIpc) is 3.20. The van der Waals surface area contributed by atoms with Crippen molar-refractivity contribution in [3.63, 3.8) is 0 Å². The number of aromatic nitrogens is 3. The first kappa shape index (κ1) is 23.3. The topological polar surface area (TPSA) is 162 Å². The molecule has 1 aromatic heterocycles. The van der Waals surface area contributed by atoms with E-state index in [0.29, 0.717) is 22.3 Å². The number of carboxylic acid groups (broad SMARTS) is 1. The summed E-state index contributed by atoms with van der Waals surface area (Å²) in [5.41, 5.74) is 0.423. The van der Waals surface area contributed by atoms with Crippen molar-refractivity contribution >= 4 is 51.1 Å². The highest BCUT2D eigenvalue weighted by Crippen LogP contribution is 2.41. The maximum atomic E-state index is 12.7. The summed E-state index contributed by atoms with van der Waals surface area (Å²) in [6, 6.07) is 6.55. The van der Waals surface area contributed by atoms with Crippen molar-refractivity contribution < 1.29 is 27.9 Å². The molecular formula is C19H19N5O6S3. The van der Waals surface area contributed by atoms with Gasteiger partial charge in [-0.3, -0.25) is 19.6 Å². The number of fused-ring (bicyclic) bond motifs is 1. The van der Waals surface area contributed by atoms with E-state index in [1.807, 2.05) is 0 Å². The van der Waals surface area contributed by atoms with Crippen LogP contribution in [0.25, 0.3) is 0 Å². The average molecular weight is 510 g/mol. The van der Waals surface area contributed by atoms with Gasteiger partial charge in [0.2, 0.25) is 11.1 Å². The smallest absolute Gasteiger partial charge is 0.352 e. The lowest BCUT2D eigenvalue weighted by atomic mass is 10.0. The molecule has 2 atom stereocenters. The van der Waals surface area contributed by atoms with Gasteiger partial charge in [0.05, 0.1) is 4.90 Å². The van der Waals surface area contributed by atoms with Crippen molar-refractivity contribution in [1.29, 1.82) is 0 Å². The molecule has 14 heteroatoms. The highest BCUT2D eigenvalue weighted by atomic mass is 32.2. The fourth-order valence-corrected chi connectivity index (χ4v) is 6.93. The maximum Gasteiger partial charge on any atom is 0.352 e. The molecule has 3 N–H and O–H groups in total. The third kappa shape index (κ3) is 4.77. The fraction of sp³-hybridized carbons (Fsp3) is 0.316. The van der Waals surface area contributed by atoms with Crippen LogP contribution >= 0.6 is 23.5 Å². The molecule has 3 heterocycles. The molecule has 1 aromatic carbocycles.